The van der Waals surface area contributed by atoms with Gasteiger partial charge in [0.25, 0.3) is 5.56 Å². The number of nitrogens with zero attached hydrogens (tertiary/aromatic N) is 5. The van der Waals surface area contributed by atoms with Gasteiger partial charge in [0.05, 0.1) is 18.8 Å². The summed E-state index contributed by atoms with van der Waals surface area (Å²) in [6.45, 7) is 1.69. The van der Waals surface area contributed by atoms with Gasteiger partial charge in [0, 0.05) is 30.2 Å². The van der Waals surface area contributed by atoms with Crippen molar-refractivity contribution in [2.45, 2.75) is 19.6 Å². The molecule has 28 heavy (non-hydrogen) atoms. The van der Waals surface area contributed by atoms with Crippen LogP contribution in [0.3, 0.4) is 0 Å². The zero-order valence-corrected chi connectivity index (χ0v) is 14.3. The number of hydrogen-bond acceptors (Lipinski definition) is 8. The van der Waals surface area contributed by atoms with Crippen molar-refractivity contribution >= 4 is 5.97 Å². The third kappa shape index (κ3) is 4.05. The van der Waals surface area contributed by atoms with Gasteiger partial charge < -0.3 is 13.8 Å². The lowest BCUT2D eigenvalue weighted by Gasteiger charge is -2.09. The van der Waals surface area contributed by atoms with Crippen LogP contribution in [0.4, 0.5) is 13.2 Å². The molecule has 0 unspecified atom stereocenters. The molecule has 0 aromatic carbocycles. The maximum absolute atomic E-state index is 12.5. The predicted octanol–water partition coefficient (Wildman–Crippen LogP) is 1.93. The third-order valence-corrected chi connectivity index (χ3v) is 3.49. The van der Waals surface area contributed by atoms with Gasteiger partial charge in [0.15, 0.2) is 5.69 Å². The van der Waals surface area contributed by atoms with Crippen LogP contribution in [-0.4, -0.2) is 37.3 Å². The highest BCUT2D eigenvalue weighted by Gasteiger charge is 2.38. The Morgan fingerprint density at radius 2 is 2.04 bits per heavy atom. The van der Waals surface area contributed by atoms with E-state index in [2.05, 4.69) is 24.6 Å². The first-order valence-electron chi connectivity index (χ1n) is 7.88. The van der Waals surface area contributed by atoms with Gasteiger partial charge in [-0.25, -0.2) is 9.78 Å². The van der Waals surface area contributed by atoms with Gasteiger partial charge in [0.1, 0.15) is 0 Å². The van der Waals surface area contributed by atoms with E-state index in [4.69, 9.17) is 4.74 Å². The Morgan fingerprint density at radius 1 is 1.29 bits per heavy atom. The second-order valence-electron chi connectivity index (χ2n) is 5.37. The smallest absolute Gasteiger partial charge is 0.461 e. The number of aromatic nitrogens is 5. The van der Waals surface area contributed by atoms with Gasteiger partial charge in [-0.15, -0.1) is 0 Å². The summed E-state index contributed by atoms with van der Waals surface area (Å²) in [6, 6.07) is 2.39. The van der Waals surface area contributed by atoms with Crippen LogP contribution >= 0.6 is 0 Å². The number of pyridine rings is 1. The number of halogens is 3. The zero-order valence-electron chi connectivity index (χ0n) is 14.3. The topological polar surface area (TPSA) is 113 Å². The number of carbonyl (C=O) groups excluding carboxylic acids is 1. The monoisotopic (exact) mass is 395 g/mol. The molecule has 3 rings (SSSR count). The average Bonchev–Trinajstić information content (AvgIpc) is 3.14. The van der Waals surface area contributed by atoms with Crippen molar-refractivity contribution in [3.05, 3.63) is 58.4 Å². The molecule has 0 radical (unpaired) electrons. The van der Waals surface area contributed by atoms with Crippen molar-refractivity contribution in [2.24, 2.45) is 0 Å². The van der Waals surface area contributed by atoms with Gasteiger partial charge in [-0.2, -0.15) is 18.2 Å². The van der Waals surface area contributed by atoms with E-state index in [-0.39, 0.29) is 35.9 Å². The highest BCUT2D eigenvalue weighted by atomic mass is 19.4. The summed E-state index contributed by atoms with van der Waals surface area (Å²) in [6.07, 6.45) is -0.799. The first-order valence-corrected chi connectivity index (χ1v) is 7.88. The van der Waals surface area contributed by atoms with E-state index in [1.54, 1.807) is 6.92 Å². The number of carbonyl (C=O) groups is 1. The third-order valence-electron chi connectivity index (χ3n) is 3.49. The second-order valence-corrected chi connectivity index (χ2v) is 5.37. The van der Waals surface area contributed by atoms with Crippen LogP contribution in [0.25, 0.3) is 11.4 Å². The minimum atomic E-state index is -4.78. The Morgan fingerprint density at radius 3 is 2.68 bits per heavy atom. The summed E-state index contributed by atoms with van der Waals surface area (Å²) < 4.78 is 47.9. The molecule has 0 saturated carbocycles. The van der Waals surface area contributed by atoms with Crippen LogP contribution in [0.1, 0.15) is 29.0 Å². The molecule has 0 aliphatic rings. The van der Waals surface area contributed by atoms with Crippen LogP contribution in [-0.2, 0) is 17.5 Å². The molecule has 3 aromatic rings. The van der Waals surface area contributed by atoms with Crippen LogP contribution in [0, 0.1) is 0 Å². The summed E-state index contributed by atoms with van der Waals surface area (Å²) in [7, 11) is 0. The van der Waals surface area contributed by atoms with E-state index in [9.17, 15) is 22.8 Å². The maximum Gasteiger partial charge on any atom is 0.471 e. The van der Waals surface area contributed by atoms with Gasteiger partial charge in [-0.1, -0.05) is 5.16 Å². The number of esters is 1. The van der Waals surface area contributed by atoms with E-state index < -0.39 is 23.6 Å². The molecule has 3 heterocycles. The van der Waals surface area contributed by atoms with Gasteiger partial charge in [-0.05, 0) is 13.0 Å². The molecular formula is C16H12F3N5O4. The largest absolute Gasteiger partial charge is 0.471 e. The van der Waals surface area contributed by atoms with Crippen molar-refractivity contribution in [3.63, 3.8) is 0 Å². The number of alkyl halides is 3. The Bertz CT molecular complexity index is 1060. The van der Waals surface area contributed by atoms with Crippen molar-refractivity contribution in [3.8, 4) is 11.4 Å². The van der Waals surface area contributed by atoms with Crippen LogP contribution in [0.5, 0.6) is 0 Å². The molecule has 0 N–H and O–H groups in total. The fourth-order valence-corrected chi connectivity index (χ4v) is 2.25. The molecule has 3 aromatic heterocycles. The molecule has 0 spiro atoms. The normalized spacial score (nSPS) is 11.4. The molecule has 0 amide bonds. The molecule has 0 saturated heterocycles. The van der Waals surface area contributed by atoms with Gasteiger partial charge in [-0.3, -0.25) is 9.78 Å². The molecule has 0 aliphatic carbocycles. The van der Waals surface area contributed by atoms with Crippen LogP contribution in [0.2, 0.25) is 0 Å². The van der Waals surface area contributed by atoms with Crippen LogP contribution in [0.15, 0.2) is 40.0 Å². The molecule has 0 bridgehead atoms. The molecule has 12 heteroatoms. The summed E-state index contributed by atoms with van der Waals surface area (Å²) in [5, 5.41) is 3.23. The summed E-state index contributed by atoms with van der Waals surface area (Å²) in [4.78, 5) is 35.4. The Labute approximate surface area is 154 Å². The Balaban J connectivity index is 1.88. The van der Waals surface area contributed by atoms with Crippen molar-refractivity contribution in [1.82, 2.24) is 24.7 Å². The minimum absolute atomic E-state index is 0.0340. The predicted molar refractivity (Wildman–Crippen MR) is 86.1 cm³/mol. The number of ether oxygens (including phenoxy) is 1. The summed E-state index contributed by atoms with van der Waals surface area (Å²) in [5.41, 5.74) is -0.357. The fraction of sp³-hybridized carbons (Fsp3) is 0.250. The molecule has 0 aliphatic heterocycles. The lowest BCUT2D eigenvalue weighted by atomic mass is 10.2. The maximum atomic E-state index is 12.5. The summed E-state index contributed by atoms with van der Waals surface area (Å²) in [5.74, 6) is -2.56. The molecule has 0 fully saturated rings. The Hall–Kier alpha value is -3.57. The molecule has 146 valence electrons. The minimum Gasteiger partial charge on any atom is -0.461 e. The number of rotatable bonds is 5. The fourth-order valence-electron chi connectivity index (χ4n) is 2.25. The van der Waals surface area contributed by atoms with Crippen molar-refractivity contribution in [1.29, 1.82) is 0 Å². The van der Waals surface area contributed by atoms with Crippen molar-refractivity contribution in [2.75, 3.05) is 6.61 Å². The highest BCUT2D eigenvalue weighted by Crippen LogP contribution is 2.29. The summed E-state index contributed by atoms with van der Waals surface area (Å²) >= 11 is 0. The van der Waals surface area contributed by atoms with Crippen molar-refractivity contribution < 1.29 is 27.2 Å². The average molecular weight is 395 g/mol. The first kappa shape index (κ1) is 19.2. The highest BCUT2D eigenvalue weighted by molar-refractivity contribution is 5.88. The SMILES string of the molecule is CCOC(=O)c1nccnc1Cn1ccc(-c2noc(C(F)(F)F)n2)cc1=O. The first-order chi connectivity index (χ1) is 13.3. The second kappa shape index (κ2) is 7.58. The van der Waals surface area contributed by atoms with E-state index in [1.165, 1.54) is 29.2 Å². The van der Waals surface area contributed by atoms with E-state index in [1.807, 2.05) is 0 Å². The van der Waals surface area contributed by atoms with E-state index >= 15 is 0 Å². The molecule has 0 atom stereocenters. The molecular weight excluding hydrogens is 383 g/mol. The van der Waals surface area contributed by atoms with Crippen LogP contribution < -0.4 is 5.56 Å². The van der Waals surface area contributed by atoms with Gasteiger partial charge >= 0.3 is 18.0 Å². The number of hydrogen-bond donors (Lipinski definition) is 0. The standard InChI is InChI=1S/C16H12F3N5O4/c1-2-27-14(26)12-10(20-4-5-21-12)8-24-6-3-9(7-11(24)25)13-22-15(28-23-13)16(17,18)19/h3-7H,2,8H2,1H3. The van der Waals surface area contributed by atoms with Gasteiger partial charge in [0.2, 0.25) is 5.82 Å². The zero-order chi connectivity index (χ0) is 20.3. The Kier molecular flexibility index (Phi) is 5.20. The van der Waals surface area contributed by atoms with E-state index in [0.717, 1.165) is 6.07 Å². The lowest BCUT2D eigenvalue weighted by Crippen LogP contribution is -2.22. The van der Waals surface area contributed by atoms with E-state index in [0.29, 0.717) is 0 Å². The molecule has 9 nitrogen and oxygen atoms in total. The quantitative estimate of drug-likeness (QED) is 0.602. The lowest BCUT2D eigenvalue weighted by molar-refractivity contribution is -0.159.